The largest absolute Gasteiger partial charge is 0.384 e. The first-order valence-corrected chi connectivity index (χ1v) is 14.8. The molecule has 1 aromatic heterocycles. The van der Waals surface area contributed by atoms with Crippen LogP contribution in [0.3, 0.4) is 0 Å². The summed E-state index contributed by atoms with van der Waals surface area (Å²) in [7, 11) is 0. The Morgan fingerprint density at radius 1 is 1.22 bits per heavy atom. The predicted octanol–water partition coefficient (Wildman–Crippen LogP) is 5.97. The molecule has 1 aliphatic heterocycles. The molecule has 5 rings (SSSR count). The summed E-state index contributed by atoms with van der Waals surface area (Å²) in [5.41, 5.74) is 11.0. The molecule has 11 heteroatoms. The SMILES string of the molecule is Cc1ccc(C2C(C#N)=C(N)N(c3nnc(SCC(=O)Nc4cc(F)ccc4C)s3)C3=C2C(=O)CC(C)(C)C3)cc1. The summed E-state index contributed by atoms with van der Waals surface area (Å²) in [4.78, 5) is 27.9. The summed E-state index contributed by atoms with van der Waals surface area (Å²) in [6, 6.07) is 14.3. The molecule has 210 valence electrons. The highest BCUT2D eigenvalue weighted by atomic mass is 32.2. The summed E-state index contributed by atoms with van der Waals surface area (Å²) in [5.74, 6) is -1.07. The summed E-state index contributed by atoms with van der Waals surface area (Å²) in [5, 5.41) is 22.0. The van der Waals surface area contributed by atoms with E-state index in [-0.39, 0.29) is 34.3 Å². The second-order valence-corrected chi connectivity index (χ2v) is 13.2. The molecule has 0 bridgehead atoms. The normalized spacial score (nSPS) is 18.3. The van der Waals surface area contributed by atoms with Gasteiger partial charge in [-0.05, 0) is 48.9 Å². The van der Waals surface area contributed by atoms with Crippen molar-refractivity contribution in [3.05, 3.63) is 87.6 Å². The number of thioether (sulfide) groups is 1. The Hall–Kier alpha value is -4.01. The van der Waals surface area contributed by atoms with Crippen molar-refractivity contribution in [2.24, 2.45) is 11.1 Å². The molecular weight excluding hydrogens is 560 g/mol. The minimum Gasteiger partial charge on any atom is -0.384 e. The van der Waals surface area contributed by atoms with Crippen molar-refractivity contribution >= 4 is 45.6 Å². The number of amides is 1. The van der Waals surface area contributed by atoms with Crippen LogP contribution in [0.4, 0.5) is 15.2 Å². The van der Waals surface area contributed by atoms with Gasteiger partial charge in [0, 0.05) is 23.4 Å². The zero-order valence-corrected chi connectivity index (χ0v) is 24.8. The van der Waals surface area contributed by atoms with Gasteiger partial charge in [-0.1, -0.05) is 72.8 Å². The van der Waals surface area contributed by atoms with Crippen molar-refractivity contribution in [2.45, 2.75) is 50.8 Å². The molecule has 3 N–H and O–H groups in total. The monoisotopic (exact) mass is 588 g/mol. The Bertz CT molecular complexity index is 1650. The molecule has 0 radical (unpaired) electrons. The van der Waals surface area contributed by atoms with E-state index in [4.69, 9.17) is 5.73 Å². The van der Waals surface area contributed by atoms with Crippen LogP contribution in [0.1, 0.15) is 49.3 Å². The fourth-order valence-corrected chi connectivity index (χ4v) is 6.89. The van der Waals surface area contributed by atoms with E-state index in [0.29, 0.717) is 33.6 Å². The third kappa shape index (κ3) is 5.76. The average Bonchev–Trinajstić information content (AvgIpc) is 3.37. The quantitative estimate of drug-likeness (QED) is 0.338. The number of halogens is 1. The number of anilines is 2. The van der Waals surface area contributed by atoms with Crippen molar-refractivity contribution in [1.82, 2.24) is 10.2 Å². The van der Waals surface area contributed by atoms with Crippen LogP contribution in [0.5, 0.6) is 0 Å². The summed E-state index contributed by atoms with van der Waals surface area (Å²) < 4.78 is 14.1. The van der Waals surface area contributed by atoms with Gasteiger partial charge in [0.05, 0.1) is 23.3 Å². The van der Waals surface area contributed by atoms with Crippen LogP contribution < -0.4 is 16.0 Å². The number of nitriles is 1. The predicted molar refractivity (Wildman–Crippen MR) is 159 cm³/mol. The first-order valence-electron chi connectivity index (χ1n) is 13.0. The van der Waals surface area contributed by atoms with Crippen molar-refractivity contribution in [3.63, 3.8) is 0 Å². The van der Waals surface area contributed by atoms with Gasteiger partial charge in [-0.15, -0.1) is 10.2 Å². The smallest absolute Gasteiger partial charge is 0.234 e. The van der Waals surface area contributed by atoms with Crippen molar-refractivity contribution < 1.29 is 14.0 Å². The van der Waals surface area contributed by atoms with Gasteiger partial charge >= 0.3 is 0 Å². The molecule has 0 saturated carbocycles. The average molecular weight is 589 g/mol. The van der Waals surface area contributed by atoms with E-state index < -0.39 is 11.7 Å². The number of benzene rings is 2. The summed E-state index contributed by atoms with van der Waals surface area (Å²) in [6.45, 7) is 7.84. The fourth-order valence-electron chi connectivity index (χ4n) is 5.21. The second kappa shape index (κ2) is 11.1. The molecule has 1 unspecified atom stereocenters. The molecule has 1 atom stereocenters. The van der Waals surface area contributed by atoms with Gasteiger partial charge in [-0.3, -0.25) is 14.5 Å². The van der Waals surface area contributed by atoms with E-state index >= 15 is 0 Å². The van der Waals surface area contributed by atoms with E-state index in [1.807, 2.05) is 45.0 Å². The van der Waals surface area contributed by atoms with Crippen molar-refractivity contribution in [1.29, 1.82) is 5.26 Å². The van der Waals surface area contributed by atoms with Crippen LogP contribution in [0.25, 0.3) is 0 Å². The molecule has 8 nitrogen and oxygen atoms in total. The standard InChI is InChI=1S/C30H29FN6O2S2/c1-16-5-8-18(9-6-16)25-20(14-32)27(33)37(22-12-30(3,4)13-23(38)26(22)25)28-35-36-29(41-28)40-15-24(39)34-21-11-19(31)10-7-17(21)2/h5-11,25H,12-13,15,33H2,1-4H3,(H,34,39). The maximum absolute atomic E-state index is 13.7. The number of Topliss-reactive ketones (excluding diaryl/α,β-unsaturated/α-hetero) is 1. The third-order valence-corrected chi connectivity index (χ3v) is 9.22. The fraction of sp³-hybridized carbons (Fsp3) is 0.300. The maximum Gasteiger partial charge on any atom is 0.234 e. The lowest BCUT2D eigenvalue weighted by Crippen LogP contribution is -2.42. The van der Waals surface area contributed by atoms with E-state index in [2.05, 4.69) is 21.6 Å². The van der Waals surface area contributed by atoms with Crippen molar-refractivity contribution in [3.8, 4) is 6.07 Å². The highest BCUT2D eigenvalue weighted by molar-refractivity contribution is 8.01. The molecule has 2 aromatic carbocycles. The molecule has 0 saturated heterocycles. The lowest BCUT2D eigenvalue weighted by molar-refractivity contribution is -0.118. The topological polar surface area (TPSA) is 125 Å². The van der Waals surface area contributed by atoms with E-state index in [1.54, 1.807) is 17.9 Å². The number of ketones is 1. The van der Waals surface area contributed by atoms with Crippen molar-refractivity contribution in [2.75, 3.05) is 16.0 Å². The number of nitrogens with zero attached hydrogens (tertiary/aromatic N) is 4. The lowest BCUT2D eigenvalue weighted by atomic mass is 9.68. The molecule has 0 fully saturated rings. The minimum atomic E-state index is -0.563. The third-order valence-electron chi connectivity index (χ3n) is 7.18. The molecular formula is C30H29FN6O2S2. The van der Waals surface area contributed by atoms with Crippen LogP contribution in [-0.2, 0) is 9.59 Å². The number of rotatable bonds is 6. The number of nitrogens with two attached hydrogens (primary N) is 1. The zero-order chi connectivity index (χ0) is 29.5. The first kappa shape index (κ1) is 28.5. The molecule has 0 spiro atoms. The lowest BCUT2D eigenvalue weighted by Gasteiger charge is -2.42. The highest BCUT2D eigenvalue weighted by Crippen LogP contribution is 2.50. The number of aryl methyl sites for hydroxylation is 2. The van der Waals surface area contributed by atoms with Gasteiger partial charge < -0.3 is 11.1 Å². The Labute approximate surface area is 246 Å². The number of nitrogens with one attached hydrogen (secondary N) is 1. The number of carbonyl (C=O) groups excluding carboxylic acids is 2. The Kier molecular flexibility index (Phi) is 7.72. The Morgan fingerprint density at radius 3 is 2.66 bits per heavy atom. The van der Waals surface area contributed by atoms with E-state index in [1.165, 1.54) is 35.2 Å². The Balaban J connectivity index is 1.46. The molecule has 41 heavy (non-hydrogen) atoms. The van der Waals surface area contributed by atoms with Crippen LogP contribution in [0, 0.1) is 36.4 Å². The van der Waals surface area contributed by atoms with E-state index in [9.17, 15) is 19.2 Å². The summed E-state index contributed by atoms with van der Waals surface area (Å²) >= 11 is 2.41. The minimum absolute atomic E-state index is 0.0181. The molecule has 2 heterocycles. The van der Waals surface area contributed by atoms with E-state index in [0.717, 1.165) is 22.4 Å². The second-order valence-electron chi connectivity index (χ2n) is 11.0. The number of carbonyl (C=O) groups is 2. The van der Waals surface area contributed by atoms with Crippen LogP contribution in [0.15, 0.2) is 69.5 Å². The summed E-state index contributed by atoms with van der Waals surface area (Å²) in [6.07, 6.45) is 0.922. The van der Waals surface area contributed by atoms with Gasteiger partial charge in [-0.2, -0.15) is 5.26 Å². The first-order chi connectivity index (χ1) is 19.5. The molecule has 1 aliphatic carbocycles. The molecule has 2 aliphatic rings. The van der Waals surface area contributed by atoms with Gasteiger partial charge in [0.1, 0.15) is 11.6 Å². The van der Waals surface area contributed by atoms with Crippen LogP contribution in [0.2, 0.25) is 0 Å². The van der Waals surface area contributed by atoms with Gasteiger partial charge in [0.15, 0.2) is 10.1 Å². The maximum atomic E-state index is 13.7. The highest BCUT2D eigenvalue weighted by Gasteiger charge is 2.45. The zero-order valence-electron chi connectivity index (χ0n) is 23.1. The van der Waals surface area contributed by atoms with Gasteiger partial charge in [0.25, 0.3) is 0 Å². The van der Waals surface area contributed by atoms with Gasteiger partial charge in [-0.25, -0.2) is 4.39 Å². The van der Waals surface area contributed by atoms with Crippen LogP contribution in [-0.4, -0.2) is 27.6 Å². The number of hydrogen-bond acceptors (Lipinski definition) is 9. The Morgan fingerprint density at radius 2 is 1.95 bits per heavy atom. The van der Waals surface area contributed by atoms with Gasteiger partial charge in [0.2, 0.25) is 11.0 Å². The number of aromatic nitrogens is 2. The number of hydrogen-bond donors (Lipinski definition) is 2. The number of allylic oxidation sites excluding steroid dienone is 3. The molecule has 3 aromatic rings. The van der Waals surface area contributed by atoms with Crippen LogP contribution >= 0.6 is 23.1 Å². The molecule has 1 amide bonds.